The summed E-state index contributed by atoms with van der Waals surface area (Å²) in [4.78, 5) is 12.9. The first-order valence-electron chi connectivity index (χ1n) is 9.16. The van der Waals surface area contributed by atoms with E-state index in [9.17, 15) is 4.39 Å². The van der Waals surface area contributed by atoms with Gasteiger partial charge in [-0.15, -0.1) is 0 Å². The summed E-state index contributed by atoms with van der Waals surface area (Å²) >= 11 is 0. The zero-order chi connectivity index (χ0) is 20.5. The predicted molar refractivity (Wildman–Crippen MR) is 112 cm³/mol. The Morgan fingerprint density at radius 2 is 1.86 bits per heavy atom. The van der Waals surface area contributed by atoms with Crippen molar-refractivity contribution in [2.24, 2.45) is 0 Å². The molecule has 0 atom stereocenters. The van der Waals surface area contributed by atoms with Crippen molar-refractivity contribution in [1.82, 2.24) is 15.0 Å². The first-order valence-corrected chi connectivity index (χ1v) is 9.16. The van der Waals surface area contributed by atoms with Gasteiger partial charge in [-0.3, -0.25) is 0 Å². The molecule has 1 N–H and O–H groups in total. The van der Waals surface area contributed by atoms with Gasteiger partial charge in [0.1, 0.15) is 23.7 Å². The van der Waals surface area contributed by atoms with E-state index < -0.39 is 0 Å². The Labute approximate surface area is 165 Å². The van der Waals surface area contributed by atoms with Gasteiger partial charge < -0.3 is 10.1 Å². The minimum absolute atomic E-state index is 0.275. The van der Waals surface area contributed by atoms with E-state index in [4.69, 9.17) is 4.74 Å². The van der Waals surface area contributed by atoms with Crippen LogP contribution in [0.5, 0.6) is 0 Å². The lowest BCUT2D eigenvalue weighted by molar-refractivity contribution is 0.306. The molecular formula is C22H25FN4O. The Balaban J connectivity index is 0.00000136. The van der Waals surface area contributed by atoms with Crippen molar-refractivity contribution in [3.63, 3.8) is 0 Å². The van der Waals surface area contributed by atoms with Crippen molar-refractivity contribution in [2.75, 3.05) is 11.9 Å². The van der Waals surface area contributed by atoms with Gasteiger partial charge in [0.05, 0.1) is 17.7 Å². The van der Waals surface area contributed by atoms with Gasteiger partial charge in [-0.2, -0.15) is 0 Å². The number of anilines is 1. The highest BCUT2D eigenvalue weighted by atomic mass is 19.1. The quantitative estimate of drug-likeness (QED) is 0.554. The van der Waals surface area contributed by atoms with Gasteiger partial charge in [0.2, 0.25) is 0 Å². The van der Waals surface area contributed by atoms with Crippen LogP contribution in [0, 0.1) is 5.82 Å². The van der Waals surface area contributed by atoms with Gasteiger partial charge in [-0.25, -0.2) is 19.3 Å². The van der Waals surface area contributed by atoms with E-state index >= 15 is 0 Å². The maximum absolute atomic E-state index is 13.1. The first-order chi connectivity index (χ1) is 13.6. The topological polar surface area (TPSA) is 59.9 Å². The van der Waals surface area contributed by atoms with Crippen molar-refractivity contribution in [1.29, 1.82) is 0 Å². The molecule has 0 spiro atoms. The van der Waals surface area contributed by atoms with Crippen molar-refractivity contribution in [3.05, 3.63) is 72.8 Å². The molecule has 5 nitrogen and oxygen atoms in total. The third-order valence-electron chi connectivity index (χ3n) is 3.83. The van der Waals surface area contributed by atoms with E-state index in [1.54, 1.807) is 18.3 Å². The lowest BCUT2D eigenvalue weighted by Gasteiger charge is -2.12. The molecule has 1 aromatic carbocycles. The Kier molecular flexibility index (Phi) is 7.63. The molecule has 0 amide bonds. The highest BCUT2D eigenvalue weighted by molar-refractivity contribution is 5.89. The Morgan fingerprint density at radius 3 is 2.54 bits per heavy atom. The molecule has 2 heterocycles. The second kappa shape index (κ2) is 10.2. The molecule has 3 aromatic rings. The molecule has 6 heteroatoms. The number of hydrogen-bond acceptors (Lipinski definition) is 5. The van der Waals surface area contributed by atoms with Gasteiger partial charge in [0, 0.05) is 11.8 Å². The van der Waals surface area contributed by atoms with Crippen LogP contribution >= 0.6 is 0 Å². The fraction of sp³-hybridized carbons (Fsp3) is 0.227. The number of ether oxygens (including phenoxy) is 1. The van der Waals surface area contributed by atoms with Gasteiger partial charge in [-0.1, -0.05) is 32.6 Å². The number of nitrogens with one attached hydrogen (secondary N) is 1. The Morgan fingerprint density at radius 1 is 1.14 bits per heavy atom. The van der Waals surface area contributed by atoms with Gasteiger partial charge in [0.25, 0.3) is 0 Å². The predicted octanol–water partition coefficient (Wildman–Crippen LogP) is 5.72. The number of halogens is 1. The molecule has 0 unspecified atom stereocenters. The molecule has 0 aliphatic heterocycles. The molecule has 2 aromatic heterocycles. The summed E-state index contributed by atoms with van der Waals surface area (Å²) in [5, 5.41) is 3.97. The summed E-state index contributed by atoms with van der Waals surface area (Å²) < 4.78 is 18.7. The molecule has 3 rings (SSSR count). The lowest BCUT2D eigenvalue weighted by Crippen LogP contribution is -2.08. The van der Waals surface area contributed by atoms with E-state index in [2.05, 4.69) is 26.8 Å². The zero-order valence-electron chi connectivity index (χ0n) is 16.7. The summed E-state index contributed by atoms with van der Waals surface area (Å²) in [7, 11) is 0. The SMILES string of the molecule is C=C(CNc1ncnc2ncc(-c3ccc(F)cc3)cc12)O/C(C)=C\C.CC. The smallest absolute Gasteiger partial charge is 0.164 e. The molecule has 0 fully saturated rings. The van der Waals surface area contributed by atoms with E-state index in [0.717, 1.165) is 22.3 Å². The minimum Gasteiger partial charge on any atom is -0.465 e. The second-order valence-corrected chi connectivity index (χ2v) is 5.72. The molecule has 0 bridgehead atoms. The number of fused-ring (bicyclic) bond motifs is 1. The van der Waals surface area contributed by atoms with Crippen LogP contribution in [0.4, 0.5) is 10.2 Å². The molecule has 146 valence electrons. The largest absolute Gasteiger partial charge is 0.465 e. The molecule has 0 aliphatic carbocycles. The number of nitrogens with zero attached hydrogens (tertiary/aromatic N) is 3. The second-order valence-electron chi connectivity index (χ2n) is 5.72. The lowest BCUT2D eigenvalue weighted by atomic mass is 10.1. The highest BCUT2D eigenvalue weighted by Gasteiger charge is 2.08. The number of rotatable bonds is 6. The summed E-state index contributed by atoms with van der Waals surface area (Å²) in [5.74, 6) is 1.72. The highest BCUT2D eigenvalue weighted by Crippen LogP contribution is 2.25. The Hall–Kier alpha value is -3.28. The minimum atomic E-state index is -0.275. The van der Waals surface area contributed by atoms with Gasteiger partial charge >= 0.3 is 0 Å². The third kappa shape index (κ3) is 5.36. The van der Waals surface area contributed by atoms with Crippen LogP contribution in [0.15, 0.2) is 67.0 Å². The average molecular weight is 380 g/mol. The standard InChI is InChI=1S/C20H19FN4O.C2H6/c1-4-13(2)26-14(3)10-22-19-18-9-16(11-23-20(18)25-12-24-19)15-5-7-17(21)8-6-15;1-2/h4-9,11-12H,3,10H2,1-2H3,(H,22,23,24,25);1-2H3/b13-4-;. The van der Waals surface area contributed by atoms with Crippen molar-refractivity contribution in [2.45, 2.75) is 27.7 Å². The number of allylic oxidation sites excluding steroid dienone is 2. The first kappa shape index (κ1) is 21.0. The fourth-order valence-corrected chi connectivity index (χ4v) is 2.39. The molecule has 0 saturated heterocycles. The van der Waals surface area contributed by atoms with Crippen molar-refractivity contribution < 1.29 is 9.13 Å². The van der Waals surface area contributed by atoms with Crippen LogP contribution in [0.1, 0.15) is 27.7 Å². The monoisotopic (exact) mass is 380 g/mol. The zero-order valence-corrected chi connectivity index (χ0v) is 16.7. The van der Waals surface area contributed by atoms with E-state index in [1.807, 2.05) is 39.8 Å². The van der Waals surface area contributed by atoms with Crippen LogP contribution < -0.4 is 5.32 Å². The van der Waals surface area contributed by atoms with Crippen molar-refractivity contribution in [3.8, 4) is 11.1 Å². The normalized spacial score (nSPS) is 10.8. The number of pyridine rings is 1. The van der Waals surface area contributed by atoms with E-state index in [-0.39, 0.29) is 5.82 Å². The van der Waals surface area contributed by atoms with Crippen LogP contribution in [0.3, 0.4) is 0 Å². The Bertz CT molecular complexity index is 968. The average Bonchev–Trinajstić information content (AvgIpc) is 2.73. The molecule has 0 saturated carbocycles. The molecule has 28 heavy (non-hydrogen) atoms. The summed E-state index contributed by atoms with van der Waals surface area (Å²) in [6.07, 6.45) is 5.03. The maximum Gasteiger partial charge on any atom is 0.164 e. The van der Waals surface area contributed by atoms with Gasteiger partial charge in [0.15, 0.2) is 5.65 Å². The van der Waals surface area contributed by atoms with Crippen molar-refractivity contribution >= 4 is 16.9 Å². The maximum atomic E-state index is 13.1. The molecule has 0 radical (unpaired) electrons. The third-order valence-corrected chi connectivity index (χ3v) is 3.83. The van der Waals surface area contributed by atoms with E-state index in [1.165, 1.54) is 18.5 Å². The molecular weight excluding hydrogens is 355 g/mol. The number of hydrogen-bond donors (Lipinski definition) is 1. The summed E-state index contributed by atoms with van der Waals surface area (Å²) in [5.41, 5.74) is 2.30. The summed E-state index contributed by atoms with van der Waals surface area (Å²) in [6.45, 7) is 12.1. The van der Waals surface area contributed by atoms with Crippen LogP contribution in [0.2, 0.25) is 0 Å². The fourth-order valence-electron chi connectivity index (χ4n) is 2.39. The number of benzene rings is 1. The molecule has 0 aliphatic rings. The van der Waals surface area contributed by atoms with Crippen LogP contribution in [0.25, 0.3) is 22.2 Å². The van der Waals surface area contributed by atoms with Crippen LogP contribution in [-0.2, 0) is 4.74 Å². The number of aromatic nitrogens is 3. The summed E-state index contributed by atoms with van der Waals surface area (Å²) in [6, 6.07) is 8.20. The van der Waals surface area contributed by atoms with Gasteiger partial charge in [-0.05, 0) is 43.7 Å². The van der Waals surface area contributed by atoms with E-state index in [0.29, 0.717) is 23.8 Å². The van der Waals surface area contributed by atoms with Crippen LogP contribution in [-0.4, -0.2) is 21.5 Å².